The number of methoxy groups -OCH3 is 1. The number of carbonyl (C=O) groups excluding carboxylic acids is 2. The van der Waals surface area contributed by atoms with Crippen molar-refractivity contribution >= 4 is 28.9 Å². The summed E-state index contributed by atoms with van der Waals surface area (Å²) in [5.74, 6) is -0.187. The summed E-state index contributed by atoms with van der Waals surface area (Å²) < 4.78 is 10.3. The zero-order valence-electron chi connectivity index (χ0n) is 17.5. The molecule has 2 N–H and O–H groups in total. The molecule has 32 heavy (non-hydrogen) atoms. The Kier molecular flexibility index (Phi) is 5.94. The topological polar surface area (TPSA) is 106 Å². The molecule has 0 spiro atoms. The van der Waals surface area contributed by atoms with Gasteiger partial charge in [0.05, 0.1) is 19.0 Å². The van der Waals surface area contributed by atoms with Gasteiger partial charge in [0.1, 0.15) is 5.69 Å². The molecule has 0 unspecified atom stereocenters. The van der Waals surface area contributed by atoms with Crippen molar-refractivity contribution in [1.29, 1.82) is 0 Å². The van der Waals surface area contributed by atoms with Crippen LogP contribution in [0.3, 0.4) is 0 Å². The number of nitrogens with zero attached hydrogens (tertiary/aromatic N) is 2. The minimum atomic E-state index is -0.445. The van der Waals surface area contributed by atoms with Gasteiger partial charge in [0.25, 0.3) is 5.91 Å². The molecule has 0 radical (unpaired) electrons. The van der Waals surface area contributed by atoms with Gasteiger partial charge < -0.3 is 9.47 Å². The standard InChI is InChI=1S/C24H20N4O4/c1-15(29)32-22-10-7-16(11-23(22)31-2)14-25-28-24(30)21-13-20(26-27-21)19-9-8-17-5-3-4-6-18(17)12-19/h3-14H,1-2H3,(H,26,27)(H,28,30). The van der Waals surface area contributed by atoms with Gasteiger partial charge in [0.2, 0.25) is 0 Å². The Morgan fingerprint density at radius 3 is 2.59 bits per heavy atom. The Morgan fingerprint density at radius 2 is 1.81 bits per heavy atom. The summed E-state index contributed by atoms with van der Waals surface area (Å²) in [4.78, 5) is 23.6. The van der Waals surface area contributed by atoms with Crippen molar-refractivity contribution < 1.29 is 19.1 Å². The highest BCUT2D eigenvalue weighted by Crippen LogP contribution is 2.27. The normalized spacial score (nSPS) is 10.9. The largest absolute Gasteiger partial charge is 0.493 e. The van der Waals surface area contributed by atoms with Gasteiger partial charge in [-0.15, -0.1) is 0 Å². The third-order valence-electron chi connectivity index (χ3n) is 4.69. The molecule has 0 aliphatic carbocycles. The van der Waals surface area contributed by atoms with Crippen molar-refractivity contribution in [3.8, 4) is 22.8 Å². The van der Waals surface area contributed by atoms with Crippen LogP contribution in [0.15, 0.2) is 71.8 Å². The number of esters is 1. The van der Waals surface area contributed by atoms with Crippen LogP contribution in [0, 0.1) is 0 Å². The lowest BCUT2D eigenvalue weighted by atomic mass is 10.1. The smallest absolute Gasteiger partial charge is 0.308 e. The van der Waals surface area contributed by atoms with Crippen LogP contribution in [0.25, 0.3) is 22.0 Å². The summed E-state index contributed by atoms with van der Waals surface area (Å²) in [5.41, 5.74) is 4.96. The molecule has 160 valence electrons. The number of hydrogen-bond donors (Lipinski definition) is 2. The van der Waals surface area contributed by atoms with Gasteiger partial charge in [-0.1, -0.05) is 36.4 Å². The van der Waals surface area contributed by atoms with Crippen molar-refractivity contribution in [3.63, 3.8) is 0 Å². The molecule has 1 amide bonds. The number of fused-ring (bicyclic) bond motifs is 1. The van der Waals surface area contributed by atoms with Crippen LogP contribution < -0.4 is 14.9 Å². The van der Waals surface area contributed by atoms with Gasteiger partial charge in [-0.3, -0.25) is 14.7 Å². The first-order valence-electron chi connectivity index (χ1n) is 9.78. The Morgan fingerprint density at radius 1 is 1.00 bits per heavy atom. The number of rotatable bonds is 6. The molecule has 0 aliphatic heterocycles. The zero-order chi connectivity index (χ0) is 22.5. The maximum atomic E-state index is 12.4. The number of H-pyrrole nitrogens is 1. The first-order chi connectivity index (χ1) is 15.5. The van der Waals surface area contributed by atoms with E-state index in [0.29, 0.717) is 22.8 Å². The summed E-state index contributed by atoms with van der Waals surface area (Å²) in [6, 6.07) is 20.6. The number of benzene rings is 3. The third kappa shape index (κ3) is 4.65. The molecule has 4 rings (SSSR count). The quantitative estimate of drug-likeness (QED) is 0.210. The fourth-order valence-corrected chi connectivity index (χ4v) is 3.16. The summed E-state index contributed by atoms with van der Waals surface area (Å²) >= 11 is 0. The Balaban J connectivity index is 1.44. The predicted octanol–water partition coefficient (Wildman–Crippen LogP) is 3.93. The number of ether oxygens (including phenoxy) is 2. The number of hydrogen-bond acceptors (Lipinski definition) is 6. The molecular formula is C24H20N4O4. The van der Waals surface area contributed by atoms with Crippen LogP contribution in [-0.4, -0.2) is 35.4 Å². The first kappa shape index (κ1) is 20.8. The van der Waals surface area contributed by atoms with Gasteiger partial charge in [-0.05, 0) is 46.7 Å². The van der Waals surface area contributed by atoms with Gasteiger partial charge in [-0.25, -0.2) is 5.43 Å². The van der Waals surface area contributed by atoms with Gasteiger partial charge in [0, 0.05) is 12.5 Å². The molecule has 8 nitrogen and oxygen atoms in total. The van der Waals surface area contributed by atoms with E-state index in [1.807, 2.05) is 42.5 Å². The molecule has 3 aromatic carbocycles. The van der Waals surface area contributed by atoms with E-state index in [1.165, 1.54) is 20.2 Å². The molecule has 8 heteroatoms. The monoisotopic (exact) mass is 428 g/mol. The highest BCUT2D eigenvalue weighted by atomic mass is 16.6. The number of aromatic amines is 1. The van der Waals surface area contributed by atoms with Crippen molar-refractivity contribution in [2.75, 3.05) is 7.11 Å². The molecule has 1 heterocycles. The number of aromatic nitrogens is 2. The van der Waals surface area contributed by atoms with E-state index in [1.54, 1.807) is 24.3 Å². The van der Waals surface area contributed by atoms with E-state index in [-0.39, 0.29) is 5.69 Å². The summed E-state index contributed by atoms with van der Waals surface area (Å²) in [7, 11) is 1.47. The average molecular weight is 428 g/mol. The highest BCUT2D eigenvalue weighted by molar-refractivity contribution is 5.94. The van der Waals surface area contributed by atoms with Crippen molar-refractivity contribution in [2.24, 2.45) is 5.10 Å². The summed E-state index contributed by atoms with van der Waals surface area (Å²) in [6.45, 7) is 1.31. The van der Waals surface area contributed by atoms with Gasteiger partial charge >= 0.3 is 5.97 Å². The van der Waals surface area contributed by atoms with Crippen molar-refractivity contribution in [2.45, 2.75) is 6.92 Å². The number of amides is 1. The summed E-state index contributed by atoms with van der Waals surface area (Å²) in [5, 5.41) is 13.2. The Labute approximate surface area is 183 Å². The lowest BCUT2D eigenvalue weighted by Gasteiger charge is -2.08. The lowest BCUT2D eigenvalue weighted by molar-refractivity contribution is -0.132. The van der Waals surface area contributed by atoms with Crippen LogP contribution in [0.2, 0.25) is 0 Å². The molecule has 1 aromatic heterocycles. The zero-order valence-corrected chi connectivity index (χ0v) is 17.5. The maximum Gasteiger partial charge on any atom is 0.308 e. The fraction of sp³-hybridized carbons (Fsp3) is 0.0833. The maximum absolute atomic E-state index is 12.4. The molecule has 4 aromatic rings. The van der Waals surface area contributed by atoms with E-state index >= 15 is 0 Å². The third-order valence-corrected chi connectivity index (χ3v) is 4.69. The molecule has 0 saturated heterocycles. The molecule has 0 fully saturated rings. The average Bonchev–Trinajstić information content (AvgIpc) is 3.30. The van der Waals surface area contributed by atoms with Crippen LogP contribution in [0.1, 0.15) is 23.0 Å². The molecule has 0 bridgehead atoms. The molecule has 0 aliphatic rings. The van der Waals surface area contributed by atoms with Crippen molar-refractivity contribution in [3.05, 3.63) is 78.0 Å². The second-order valence-electron chi connectivity index (χ2n) is 6.93. The van der Waals surface area contributed by atoms with Gasteiger partial charge in [-0.2, -0.15) is 10.2 Å². The second-order valence-corrected chi connectivity index (χ2v) is 6.93. The van der Waals surface area contributed by atoms with E-state index < -0.39 is 11.9 Å². The van der Waals surface area contributed by atoms with E-state index in [0.717, 1.165) is 16.3 Å². The highest BCUT2D eigenvalue weighted by Gasteiger charge is 2.11. The van der Waals surface area contributed by atoms with E-state index in [9.17, 15) is 9.59 Å². The van der Waals surface area contributed by atoms with Crippen molar-refractivity contribution in [1.82, 2.24) is 15.6 Å². The number of carbonyl (C=O) groups is 2. The first-order valence-corrected chi connectivity index (χ1v) is 9.78. The van der Waals surface area contributed by atoms with Crippen LogP contribution in [-0.2, 0) is 4.79 Å². The van der Waals surface area contributed by atoms with Crippen LogP contribution >= 0.6 is 0 Å². The minimum Gasteiger partial charge on any atom is -0.493 e. The number of hydrazone groups is 1. The minimum absolute atomic E-state index is 0.285. The number of nitrogens with one attached hydrogen (secondary N) is 2. The van der Waals surface area contributed by atoms with E-state index in [4.69, 9.17) is 9.47 Å². The molecular weight excluding hydrogens is 408 g/mol. The van der Waals surface area contributed by atoms with Crippen LogP contribution in [0.5, 0.6) is 11.5 Å². The predicted molar refractivity (Wildman–Crippen MR) is 121 cm³/mol. The fourth-order valence-electron chi connectivity index (χ4n) is 3.16. The second kappa shape index (κ2) is 9.13. The molecule has 0 atom stereocenters. The van der Waals surface area contributed by atoms with Gasteiger partial charge in [0.15, 0.2) is 11.5 Å². The van der Waals surface area contributed by atoms with Crippen LogP contribution in [0.4, 0.5) is 0 Å². The Bertz CT molecular complexity index is 1330. The lowest BCUT2D eigenvalue weighted by Crippen LogP contribution is -2.18. The Hall–Kier alpha value is -4.46. The van der Waals surface area contributed by atoms with E-state index in [2.05, 4.69) is 20.7 Å². The summed E-state index contributed by atoms with van der Waals surface area (Å²) in [6.07, 6.45) is 1.46. The SMILES string of the molecule is COc1cc(C=NNC(=O)c2cc(-c3ccc4ccccc4c3)n[nH]2)ccc1OC(C)=O. The molecule has 0 saturated carbocycles.